The fraction of sp³-hybridized carbons (Fsp3) is 0.500. The van der Waals surface area contributed by atoms with Gasteiger partial charge in [-0.2, -0.15) is 0 Å². The number of anilines is 1. The number of methoxy groups -OCH3 is 1. The van der Waals surface area contributed by atoms with E-state index in [0.29, 0.717) is 13.2 Å². The van der Waals surface area contributed by atoms with Crippen molar-refractivity contribution in [2.24, 2.45) is 0 Å². The molecule has 2 aliphatic rings. The molecule has 0 unspecified atom stereocenters. The average molecular weight is 412 g/mol. The van der Waals surface area contributed by atoms with Gasteiger partial charge in [0.25, 0.3) is 0 Å². The number of halogens is 1. The summed E-state index contributed by atoms with van der Waals surface area (Å²) in [5.41, 5.74) is 1.61. The number of carbonyl (C=O) groups excluding carboxylic acids is 1. The lowest BCUT2D eigenvalue weighted by atomic mass is 10.2. The molecule has 0 N–H and O–H groups in total. The first kappa shape index (κ1) is 18.2. The quantitative estimate of drug-likeness (QED) is 0.559. The molecule has 0 spiro atoms. The van der Waals surface area contributed by atoms with Crippen LogP contribution in [0.5, 0.6) is 5.75 Å². The van der Waals surface area contributed by atoms with Gasteiger partial charge in [0.05, 0.1) is 31.6 Å². The first-order valence-corrected chi connectivity index (χ1v) is 8.99. The van der Waals surface area contributed by atoms with E-state index in [0.717, 1.165) is 21.6 Å². The number of esters is 1. The van der Waals surface area contributed by atoms with Gasteiger partial charge in [0.1, 0.15) is 18.0 Å². The molecule has 2 aliphatic heterocycles. The first-order chi connectivity index (χ1) is 11.8. The number of hydrogen-bond donors (Lipinski definition) is 0. The minimum Gasteiger partial charge on any atom is -0.497 e. The maximum atomic E-state index is 12.1. The van der Waals surface area contributed by atoms with E-state index in [1.807, 2.05) is 36.9 Å². The van der Waals surface area contributed by atoms with E-state index in [4.69, 9.17) is 18.9 Å². The topological polar surface area (TPSA) is 57.2 Å². The summed E-state index contributed by atoms with van der Waals surface area (Å²) in [6.07, 6.45) is 1.01. The molecule has 136 valence electrons. The standard InChI is InChI=1S/C18H22BrNO5/c1-5-23-16(21)9-14-17-15(24-18(2,3)25-17)10-20(14)13-8-11(22-4)6-7-12(13)19/h6-9,15,17H,5,10H2,1-4H3/b14-9+/t15-,17+/m1/s1. The third-order valence-electron chi connectivity index (χ3n) is 4.15. The molecule has 1 aromatic carbocycles. The lowest BCUT2D eigenvalue weighted by molar-refractivity contribution is -0.146. The molecule has 6 nitrogen and oxygen atoms in total. The number of carbonyl (C=O) groups is 1. The predicted octanol–water partition coefficient (Wildman–Crippen LogP) is 3.24. The second-order valence-corrected chi connectivity index (χ2v) is 7.20. The van der Waals surface area contributed by atoms with Crippen LogP contribution in [0, 0.1) is 0 Å². The zero-order valence-electron chi connectivity index (χ0n) is 14.7. The molecule has 2 heterocycles. The largest absolute Gasteiger partial charge is 0.497 e. The van der Waals surface area contributed by atoms with E-state index in [1.54, 1.807) is 14.0 Å². The van der Waals surface area contributed by atoms with Gasteiger partial charge in [0.15, 0.2) is 5.79 Å². The molecule has 1 aromatic rings. The smallest absolute Gasteiger partial charge is 0.332 e. The summed E-state index contributed by atoms with van der Waals surface area (Å²) in [6.45, 7) is 6.42. The van der Waals surface area contributed by atoms with Crippen molar-refractivity contribution in [1.82, 2.24) is 0 Å². The zero-order chi connectivity index (χ0) is 18.2. The van der Waals surface area contributed by atoms with Crippen LogP contribution in [0.25, 0.3) is 0 Å². The highest BCUT2D eigenvalue weighted by molar-refractivity contribution is 9.10. The van der Waals surface area contributed by atoms with Gasteiger partial charge in [-0.1, -0.05) is 0 Å². The van der Waals surface area contributed by atoms with Crippen LogP contribution in [0.15, 0.2) is 34.4 Å². The molecule has 2 atom stereocenters. The van der Waals surface area contributed by atoms with Crippen LogP contribution in [0.4, 0.5) is 5.69 Å². The molecule has 0 radical (unpaired) electrons. The van der Waals surface area contributed by atoms with Gasteiger partial charge in [-0.3, -0.25) is 0 Å². The summed E-state index contributed by atoms with van der Waals surface area (Å²) in [6, 6.07) is 5.69. The van der Waals surface area contributed by atoms with E-state index in [1.165, 1.54) is 6.08 Å². The molecular weight excluding hydrogens is 390 g/mol. The molecule has 2 saturated heterocycles. The fourth-order valence-corrected chi connectivity index (χ4v) is 3.65. The van der Waals surface area contributed by atoms with Crippen LogP contribution in [0.1, 0.15) is 20.8 Å². The Morgan fingerprint density at radius 1 is 1.44 bits per heavy atom. The summed E-state index contributed by atoms with van der Waals surface area (Å²) < 4.78 is 23.3. The molecular formula is C18H22BrNO5. The van der Waals surface area contributed by atoms with Crippen LogP contribution in [-0.2, 0) is 19.0 Å². The van der Waals surface area contributed by atoms with Crippen molar-refractivity contribution >= 4 is 27.6 Å². The van der Waals surface area contributed by atoms with Gasteiger partial charge in [-0.05, 0) is 48.8 Å². The normalized spacial score (nSPS) is 26.0. The Kier molecular flexibility index (Phi) is 5.09. The van der Waals surface area contributed by atoms with Gasteiger partial charge in [-0.15, -0.1) is 0 Å². The summed E-state index contributed by atoms with van der Waals surface area (Å²) in [4.78, 5) is 14.1. The Hall–Kier alpha value is -1.57. The Morgan fingerprint density at radius 3 is 2.88 bits per heavy atom. The van der Waals surface area contributed by atoms with Crippen LogP contribution in [0.2, 0.25) is 0 Å². The van der Waals surface area contributed by atoms with Gasteiger partial charge in [-0.25, -0.2) is 4.79 Å². The number of fused-ring (bicyclic) bond motifs is 1. The SMILES string of the molecule is CCOC(=O)/C=C1\[C@@H]2OC(C)(C)O[C@@H]2CN1c1cc(OC)ccc1Br. The molecule has 0 bridgehead atoms. The fourth-order valence-electron chi connectivity index (χ4n) is 3.19. The van der Waals surface area contributed by atoms with E-state index in [2.05, 4.69) is 15.9 Å². The summed E-state index contributed by atoms with van der Waals surface area (Å²) >= 11 is 3.57. The highest BCUT2D eigenvalue weighted by atomic mass is 79.9. The molecule has 0 aliphatic carbocycles. The number of hydrogen-bond acceptors (Lipinski definition) is 6. The summed E-state index contributed by atoms with van der Waals surface area (Å²) in [7, 11) is 1.62. The van der Waals surface area contributed by atoms with Crippen LogP contribution in [-0.4, -0.2) is 44.2 Å². The molecule has 3 rings (SSSR count). The molecule has 25 heavy (non-hydrogen) atoms. The minimum absolute atomic E-state index is 0.159. The van der Waals surface area contributed by atoms with Gasteiger partial charge >= 0.3 is 5.97 Å². The third kappa shape index (κ3) is 3.68. The van der Waals surface area contributed by atoms with Gasteiger partial charge < -0.3 is 23.8 Å². The van der Waals surface area contributed by atoms with E-state index < -0.39 is 11.8 Å². The summed E-state index contributed by atoms with van der Waals surface area (Å²) in [5.74, 6) is -0.343. The van der Waals surface area contributed by atoms with E-state index in [-0.39, 0.29) is 12.2 Å². The van der Waals surface area contributed by atoms with Crippen LogP contribution < -0.4 is 9.64 Å². The Balaban J connectivity index is 1.99. The van der Waals surface area contributed by atoms with Gasteiger partial charge in [0, 0.05) is 16.6 Å². The molecule has 2 fully saturated rings. The second-order valence-electron chi connectivity index (χ2n) is 6.34. The van der Waals surface area contributed by atoms with E-state index in [9.17, 15) is 4.79 Å². The van der Waals surface area contributed by atoms with Crippen molar-refractivity contribution in [2.45, 2.75) is 38.8 Å². The Labute approximate surface area is 155 Å². The number of benzene rings is 1. The number of ether oxygens (including phenoxy) is 4. The lowest BCUT2D eigenvalue weighted by Gasteiger charge is -2.27. The monoisotopic (exact) mass is 411 g/mol. The highest BCUT2D eigenvalue weighted by Crippen LogP contribution is 2.43. The minimum atomic E-state index is -0.680. The highest BCUT2D eigenvalue weighted by Gasteiger charge is 2.50. The van der Waals surface area contributed by atoms with Crippen molar-refractivity contribution in [2.75, 3.05) is 25.2 Å². The zero-order valence-corrected chi connectivity index (χ0v) is 16.3. The summed E-state index contributed by atoms with van der Waals surface area (Å²) in [5, 5.41) is 0. The van der Waals surface area contributed by atoms with Crippen molar-refractivity contribution < 1.29 is 23.7 Å². The number of nitrogens with zero attached hydrogens (tertiary/aromatic N) is 1. The van der Waals surface area contributed by atoms with E-state index >= 15 is 0 Å². The van der Waals surface area contributed by atoms with Crippen molar-refractivity contribution in [3.8, 4) is 5.75 Å². The predicted molar refractivity (Wildman–Crippen MR) is 96.6 cm³/mol. The molecule has 0 aromatic heterocycles. The van der Waals surface area contributed by atoms with Crippen molar-refractivity contribution in [1.29, 1.82) is 0 Å². The van der Waals surface area contributed by atoms with Crippen LogP contribution >= 0.6 is 15.9 Å². The molecule has 0 amide bonds. The maximum absolute atomic E-state index is 12.1. The Morgan fingerprint density at radius 2 is 2.20 bits per heavy atom. The van der Waals surface area contributed by atoms with Crippen molar-refractivity contribution in [3.63, 3.8) is 0 Å². The molecule has 0 saturated carbocycles. The van der Waals surface area contributed by atoms with Gasteiger partial charge in [0.2, 0.25) is 0 Å². The van der Waals surface area contributed by atoms with Crippen molar-refractivity contribution in [3.05, 3.63) is 34.4 Å². The number of rotatable bonds is 4. The maximum Gasteiger partial charge on any atom is 0.332 e. The van der Waals surface area contributed by atoms with Crippen LogP contribution in [0.3, 0.4) is 0 Å². The third-order valence-corrected chi connectivity index (χ3v) is 4.82. The lowest BCUT2D eigenvalue weighted by Crippen LogP contribution is -2.29. The Bertz CT molecular complexity index is 703. The average Bonchev–Trinajstić information content (AvgIpc) is 3.01. The first-order valence-electron chi connectivity index (χ1n) is 8.19. The molecule has 7 heteroatoms. The second kappa shape index (κ2) is 6.97.